The summed E-state index contributed by atoms with van der Waals surface area (Å²) in [5, 5.41) is 4.64. The summed E-state index contributed by atoms with van der Waals surface area (Å²) in [7, 11) is 0. The van der Waals surface area contributed by atoms with E-state index in [1.807, 2.05) is 24.3 Å². The molecule has 0 spiro atoms. The van der Waals surface area contributed by atoms with Crippen molar-refractivity contribution < 1.29 is 4.74 Å². The molecule has 3 nitrogen and oxygen atoms in total. The van der Waals surface area contributed by atoms with E-state index in [1.165, 1.54) is 25.7 Å². The highest BCUT2D eigenvalue weighted by Crippen LogP contribution is 2.31. The van der Waals surface area contributed by atoms with E-state index < -0.39 is 0 Å². The predicted octanol–water partition coefficient (Wildman–Crippen LogP) is 5.08. The summed E-state index contributed by atoms with van der Waals surface area (Å²) in [6, 6.07) is 8.51. The van der Waals surface area contributed by atoms with Crippen LogP contribution in [0.25, 0.3) is 0 Å². The first-order valence-corrected chi connectivity index (χ1v) is 8.61. The second-order valence-corrected chi connectivity index (χ2v) is 6.50. The molecule has 0 amide bonds. The van der Waals surface area contributed by atoms with Crippen LogP contribution in [-0.2, 0) is 12.5 Å². The predicted molar refractivity (Wildman–Crippen MR) is 87.8 cm³/mol. The van der Waals surface area contributed by atoms with Crippen LogP contribution in [0.4, 0.5) is 0 Å². The molecule has 0 saturated heterocycles. The van der Waals surface area contributed by atoms with Crippen molar-refractivity contribution in [1.82, 2.24) is 9.78 Å². The normalized spacial score (nSPS) is 15.5. The average molecular weight is 370 g/mol. The van der Waals surface area contributed by atoms with E-state index in [-0.39, 0.29) is 0 Å². The number of benzene rings is 1. The maximum Gasteiger partial charge on any atom is 0.138 e. The lowest BCUT2D eigenvalue weighted by Gasteiger charge is -2.11. The second-order valence-electron chi connectivity index (χ2n) is 5.38. The van der Waals surface area contributed by atoms with E-state index in [2.05, 4.69) is 31.9 Å². The number of hydrogen-bond donors (Lipinski definition) is 0. The van der Waals surface area contributed by atoms with Crippen molar-refractivity contribution in [2.24, 2.45) is 0 Å². The molecule has 3 rings (SSSR count). The molecule has 1 aromatic carbocycles. The fraction of sp³-hybridized carbons (Fsp3) is 0.438. The van der Waals surface area contributed by atoms with Gasteiger partial charge in [-0.2, -0.15) is 5.10 Å². The van der Waals surface area contributed by atoms with Crippen molar-refractivity contribution in [3.63, 3.8) is 0 Å². The summed E-state index contributed by atoms with van der Waals surface area (Å²) >= 11 is 9.47. The largest absolute Gasteiger partial charge is 0.486 e. The molecule has 1 aliphatic carbocycles. The van der Waals surface area contributed by atoms with Gasteiger partial charge in [0.1, 0.15) is 12.4 Å². The number of alkyl halides is 1. The monoisotopic (exact) mass is 368 g/mol. The second kappa shape index (κ2) is 6.84. The van der Waals surface area contributed by atoms with Crippen LogP contribution in [0.2, 0.25) is 0 Å². The molecule has 1 aliphatic rings. The molecule has 5 heteroatoms. The van der Waals surface area contributed by atoms with Crippen LogP contribution in [0.5, 0.6) is 5.75 Å². The SMILES string of the molecule is ClCc1cccc(Br)c1OCc1ccn(C2CCCC2)n1. The molecular formula is C16H18BrClN2O. The lowest BCUT2D eigenvalue weighted by molar-refractivity contribution is 0.294. The van der Waals surface area contributed by atoms with Gasteiger partial charge in [0.05, 0.1) is 22.1 Å². The summed E-state index contributed by atoms with van der Waals surface area (Å²) in [4.78, 5) is 0. The molecule has 0 unspecified atom stereocenters. The van der Waals surface area contributed by atoms with Gasteiger partial charge in [-0.3, -0.25) is 4.68 Å². The first-order valence-electron chi connectivity index (χ1n) is 7.28. The zero-order valence-electron chi connectivity index (χ0n) is 11.8. The third kappa shape index (κ3) is 3.43. The van der Waals surface area contributed by atoms with Gasteiger partial charge in [-0.25, -0.2) is 0 Å². The highest BCUT2D eigenvalue weighted by Gasteiger charge is 2.17. The van der Waals surface area contributed by atoms with E-state index in [0.717, 1.165) is 21.5 Å². The molecule has 112 valence electrons. The summed E-state index contributed by atoms with van der Waals surface area (Å²) in [6.07, 6.45) is 7.17. The minimum Gasteiger partial charge on any atom is -0.486 e. The molecule has 21 heavy (non-hydrogen) atoms. The van der Waals surface area contributed by atoms with Gasteiger partial charge in [-0.15, -0.1) is 11.6 Å². The highest BCUT2D eigenvalue weighted by molar-refractivity contribution is 9.10. The van der Waals surface area contributed by atoms with Crippen molar-refractivity contribution in [2.75, 3.05) is 0 Å². The molecular weight excluding hydrogens is 352 g/mol. The minimum atomic E-state index is 0.436. The number of rotatable bonds is 5. The van der Waals surface area contributed by atoms with E-state index in [1.54, 1.807) is 0 Å². The van der Waals surface area contributed by atoms with Gasteiger partial charge in [0.25, 0.3) is 0 Å². The number of ether oxygens (including phenoxy) is 1. The molecule has 0 aliphatic heterocycles. The van der Waals surface area contributed by atoms with E-state index in [9.17, 15) is 0 Å². The Kier molecular flexibility index (Phi) is 4.86. The first-order chi connectivity index (χ1) is 10.3. The van der Waals surface area contributed by atoms with Gasteiger partial charge >= 0.3 is 0 Å². The fourth-order valence-corrected chi connectivity index (χ4v) is 3.53. The number of hydrogen-bond acceptors (Lipinski definition) is 2. The maximum atomic E-state index is 5.96. The standard InChI is InChI=1S/C16H18BrClN2O/c17-15-7-3-4-12(10-18)16(15)21-11-13-8-9-20(19-13)14-5-1-2-6-14/h3-4,7-9,14H,1-2,5-6,10-11H2. The van der Waals surface area contributed by atoms with Crippen LogP contribution in [0, 0.1) is 0 Å². The summed E-state index contributed by atoms with van der Waals surface area (Å²) < 4.78 is 8.93. The average Bonchev–Trinajstić information content (AvgIpc) is 3.16. The molecule has 1 fully saturated rings. The molecule has 0 N–H and O–H groups in total. The Morgan fingerprint density at radius 3 is 2.86 bits per heavy atom. The van der Waals surface area contributed by atoms with Gasteiger partial charge in [0.2, 0.25) is 0 Å². The molecule has 0 radical (unpaired) electrons. The Labute approximate surface area is 138 Å². The van der Waals surface area contributed by atoms with Gasteiger partial charge in [-0.1, -0.05) is 25.0 Å². The maximum absolute atomic E-state index is 5.96. The lowest BCUT2D eigenvalue weighted by atomic mass is 10.2. The van der Waals surface area contributed by atoms with Gasteiger partial charge in [-0.05, 0) is 40.9 Å². The van der Waals surface area contributed by atoms with Crippen molar-refractivity contribution in [2.45, 2.75) is 44.2 Å². The van der Waals surface area contributed by atoms with Crippen LogP contribution in [-0.4, -0.2) is 9.78 Å². The first kappa shape index (κ1) is 14.9. The Balaban J connectivity index is 1.68. The smallest absolute Gasteiger partial charge is 0.138 e. The number of nitrogens with zero attached hydrogens (tertiary/aromatic N) is 2. The molecule has 0 atom stereocenters. The Hall–Kier alpha value is -1.00. The third-order valence-corrected chi connectivity index (χ3v) is 4.83. The van der Waals surface area contributed by atoms with Gasteiger partial charge in [0.15, 0.2) is 0 Å². The summed E-state index contributed by atoms with van der Waals surface area (Å²) in [6.45, 7) is 0.465. The molecule has 1 heterocycles. The van der Waals surface area contributed by atoms with Crippen molar-refractivity contribution in [1.29, 1.82) is 0 Å². The Bertz CT molecular complexity index is 608. The van der Waals surface area contributed by atoms with Crippen molar-refractivity contribution in [3.8, 4) is 5.75 Å². The molecule has 2 aromatic rings. The lowest BCUT2D eigenvalue weighted by Crippen LogP contribution is -2.06. The van der Waals surface area contributed by atoms with Gasteiger partial charge < -0.3 is 4.74 Å². The van der Waals surface area contributed by atoms with Crippen LogP contribution >= 0.6 is 27.5 Å². The van der Waals surface area contributed by atoms with Crippen LogP contribution in [0.1, 0.15) is 43.0 Å². The molecule has 0 bridgehead atoms. The Morgan fingerprint density at radius 2 is 2.10 bits per heavy atom. The highest BCUT2D eigenvalue weighted by atomic mass is 79.9. The third-order valence-electron chi connectivity index (χ3n) is 3.92. The summed E-state index contributed by atoms with van der Waals surface area (Å²) in [5.74, 6) is 1.24. The van der Waals surface area contributed by atoms with Gasteiger partial charge in [0, 0.05) is 11.8 Å². The van der Waals surface area contributed by atoms with Crippen molar-refractivity contribution in [3.05, 3.63) is 46.2 Å². The topological polar surface area (TPSA) is 27.1 Å². The van der Waals surface area contributed by atoms with Crippen LogP contribution in [0.15, 0.2) is 34.9 Å². The van der Waals surface area contributed by atoms with Crippen molar-refractivity contribution >= 4 is 27.5 Å². The minimum absolute atomic E-state index is 0.436. The quantitative estimate of drug-likeness (QED) is 0.687. The molecule has 1 saturated carbocycles. The van der Waals surface area contributed by atoms with E-state index in [4.69, 9.17) is 16.3 Å². The van der Waals surface area contributed by atoms with E-state index >= 15 is 0 Å². The fourth-order valence-electron chi connectivity index (χ4n) is 2.79. The number of aromatic nitrogens is 2. The Morgan fingerprint density at radius 1 is 1.29 bits per heavy atom. The van der Waals surface area contributed by atoms with E-state index in [0.29, 0.717) is 18.5 Å². The molecule has 1 aromatic heterocycles. The van der Waals surface area contributed by atoms with Crippen LogP contribution < -0.4 is 4.74 Å². The zero-order chi connectivity index (χ0) is 14.7. The number of para-hydroxylation sites is 1. The zero-order valence-corrected chi connectivity index (χ0v) is 14.1. The summed E-state index contributed by atoms with van der Waals surface area (Å²) in [5.41, 5.74) is 1.94. The number of halogens is 2. The van der Waals surface area contributed by atoms with Crippen LogP contribution in [0.3, 0.4) is 0 Å².